The lowest BCUT2D eigenvalue weighted by Gasteiger charge is -2.28. The van der Waals surface area contributed by atoms with Gasteiger partial charge in [0.15, 0.2) is 17.1 Å². The predicted molar refractivity (Wildman–Crippen MR) is 106 cm³/mol. The van der Waals surface area contributed by atoms with Gasteiger partial charge in [-0.05, 0) is 6.92 Å². The van der Waals surface area contributed by atoms with Crippen molar-refractivity contribution in [2.75, 3.05) is 36.4 Å². The molecule has 29 heavy (non-hydrogen) atoms. The van der Waals surface area contributed by atoms with Gasteiger partial charge in [-0.1, -0.05) is 0 Å². The van der Waals surface area contributed by atoms with Crippen molar-refractivity contribution in [3.63, 3.8) is 0 Å². The number of pyridine rings is 2. The number of hydrogen-bond acceptors (Lipinski definition) is 7. The molecule has 0 radical (unpaired) electrons. The van der Waals surface area contributed by atoms with Crippen LogP contribution < -0.4 is 15.5 Å². The Kier molecular flexibility index (Phi) is 4.20. The van der Waals surface area contributed by atoms with E-state index >= 15 is 4.39 Å². The molecule has 0 spiro atoms. The number of fused-ring (bicyclic) bond motifs is 2. The first-order valence-corrected chi connectivity index (χ1v) is 9.27. The van der Waals surface area contributed by atoms with E-state index in [2.05, 4.69) is 30.6 Å². The minimum absolute atomic E-state index is 0.161. The van der Waals surface area contributed by atoms with E-state index < -0.39 is 11.6 Å². The van der Waals surface area contributed by atoms with Crippen molar-refractivity contribution in [2.45, 2.75) is 6.92 Å². The van der Waals surface area contributed by atoms with Crippen molar-refractivity contribution in [3.8, 4) is 0 Å². The zero-order valence-corrected chi connectivity index (χ0v) is 15.7. The van der Waals surface area contributed by atoms with Gasteiger partial charge in [0.05, 0.1) is 16.8 Å². The first-order chi connectivity index (χ1) is 14.1. The fourth-order valence-corrected chi connectivity index (χ4v) is 3.54. The van der Waals surface area contributed by atoms with E-state index in [1.807, 2.05) is 4.90 Å². The first-order valence-electron chi connectivity index (χ1n) is 9.27. The van der Waals surface area contributed by atoms with Crippen LogP contribution in [0.1, 0.15) is 5.69 Å². The average Bonchev–Trinajstić information content (AvgIpc) is 3.09. The van der Waals surface area contributed by atoms with Crippen LogP contribution in [0.5, 0.6) is 0 Å². The van der Waals surface area contributed by atoms with E-state index in [-0.39, 0.29) is 22.5 Å². The standard InChI is InChI=1S/C19H18F2N8/c1-11-8-29-9-12(6-14(21)19(29)25-11)26-17-16-13(20)7-15(27-18(16)24-10-23-17)28-4-2-22-3-5-28/h6-10,22H,2-5H2,1H3,(H,23,24,26,27). The maximum absolute atomic E-state index is 15.0. The Hall–Kier alpha value is -3.40. The second kappa shape index (κ2) is 6.89. The van der Waals surface area contributed by atoms with E-state index in [9.17, 15) is 4.39 Å². The second-order valence-electron chi connectivity index (χ2n) is 6.94. The number of piperazine rings is 1. The normalized spacial score (nSPS) is 14.7. The molecule has 4 aromatic heterocycles. The molecule has 0 aromatic carbocycles. The van der Waals surface area contributed by atoms with E-state index in [4.69, 9.17) is 0 Å². The number of nitrogens with zero attached hydrogens (tertiary/aromatic N) is 6. The summed E-state index contributed by atoms with van der Waals surface area (Å²) in [5, 5.41) is 6.40. The molecule has 148 valence electrons. The molecule has 5 rings (SSSR count). The van der Waals surface area contributed by atoms with Gasteiger partial charge in [0.25, 0.3) is 0 Å². The molecule has 2 N–H and O–H groups in total. The highest BCUT2D eigenvalue weighted by Crippen LogP contribution is 2.28. The van der Waals surface area contributed by atoms with Crippen LogP contribution in [-0.2, 0) is 0 Å². The van der Waals surface area contributed by atoms with Crippen LogP contribution in [0.4, 0.5) is 26.1 Å². The molecule has 0 bridgehead atoms. The largest absolute Gasteiger partial charge is 0.354 e. The molecule has 1 fully saturated rings. The van der Waals surface area contributed by atoms with Crippen LogP contribution in [0.2, 0.25) is 0 Å². The molecule has 4 aromatic rings. The number of imidazole rings is 1. The maximum atomic E-state index is 15.0. The Morgan fingerprint density at radius 2 is 1.86 bits per heavy atom. The molecule has 0 atom stereocenters. The summed E-state index contributed by atoms with van der Waals surface area (Å²) in [5.41, 5.74) is 1.59. The number of aryl methyl sites for hydroxylation is 1. The molecule has 5 heterocycles. The van der Waals surface area contributed by atoms with Gasteiger partial charge >= 0.3 is 0 Å². The van der Waals surface area contributed by atoms with Gasteiger partial charge < -0.3 is 19.9 Å². The third-order valence-electron chi connectivity index (χ3n) is 4.87. The third-order valence-corrected chi connectivity index (χ3v) is 4.87. The third kappa shape index (κ3) is 3.21. The lowest BCUT2D eigenvalue weighted by molar-refractivity contribution is 0.581. The number of rotatable bonds is 3. The molecule has 0 amide bonds. The second-order valence-corrected chi connectivity index (χ2v) is 6.94. The summed E-state index contributed by atoms with van der Waals surface area (Å²) in [6, 6.07) is 2.70. The van der Waals surface area contributed by atoms with Gasteiger partial charge in [-0.2, -0.15) is 0 Å². The highest BCUT2D eigenvalue weighted by Gasteiger charge is 2.18. The van der Waals surface area contributed by atoms with E-state index in [0.29, 0.717) is 17.2 Å². The first kappa shape index (κ1) is 17.7. The van der Waals surface area contributed by atoms with Crippen molar-refractivity contribution in [1.29, 1.82) is 0 Å². The summed E-state index contributed by atoms with van der Waals surface area (Å²) in [6.07, 6.45) is 4.70. The number of nitrogens with one attached hydrogen (secondary N) is 2. The summed E-state index contributed by atoms with van der Waals surface area (Å²) >= 11 is 0. The van der Waals surface area contributed by atoms with Gasteiger partial charge in [-0.15, -0.1) is 0 Å². The molecule has 0 aliphatic carbocycles. The molecule has 0 saturated carbocycles. The van der Waals surface area contributed by atoms with Crippen LogP contribution in [-0.4, -0.2) is 50.5 Å². The number of halogens is 2. The predicted octanol–water partition coefficient (Wildman–Crippen LogP) is 2.41. The Bertz CT molecular complexity index is 1220. The highest BCUT2D eigenvalue weighted by molar-refractivity contribution is 5.90. The molecule has 8 nitrogen and oxygen atoms in total. The highest BCUT2D eigenvalue weighted by atomic mass is 19.1. The molecule has 10 heteroatoms. The van der Waals surface area contributed by atoms with E-state index in [1.54, 1.807) is 23.7 Å². The minimum Gasteiger partial charge on any atom is -0.354 e. The number of anilines is 3. The average molecular weight is 396 g/mol. The summed E-state index contributed by atoms with van der Waals surface area (Å²) < 4.78 is 30.9. The maximum Gasteiger partial charge on any atom is 0.173 e. The van der Waals surface area contributed by atoms with Gasteiger partial charge in [0.1, 0.15) is 23.8 Å². The van der Waals surface area contributed by atoms with Gasteiger partial charge in [-0.25, -0.2) is 28.7 Å². The summed E-state index contributed by atoms with van der Waals surface area (Å²) in [5.74, 6) is -0.197. The Balaban J connectivity index is 1.55. The lowest BCUT2D eigenvalue weighted by atomic mass is 10.2. The quantitative estimate of drug-likeness (QED) is 0.550. The van der Waals surface area contributed by atoms with Crippen molar-refractivity contribution >= 4 is 34.0 Å². The molecule has 1 aliphatic rings. The van der Waals surface area contributed by atoms with Crippen molar-refractivity contribution < 1.29 is 8.78 Å². The van der Waals surface area contributed by atoms with Crippen molar-refractivity contribution in [2.24, 2.45) is 0 Å². The topological polar surface area (TPSA) is 83.3 Å². The van der Waals surface area contributed by atoms with Crippen LogP contribution in [0, 0.1) is 18.6 Å². The van der Waals surface area contributed by atoms with Crippen molar-refractivity contribution in [1.82, 2.24) is 29.7 Å². The van der Waals surface area contributed by atoms with Gasteiger partial charge in [0, 0.05) is 50.7 Å². The van der Waals surface area contributed by atoms with Crippen LogP contribution in [0.15, 0.2) is 30.9 Å². The fourth-order valence-electron chi connectivity index (χ4n) is 3.54. The van der Waals surface area contributed by atoms with Crippen LogP contribution in [0.3, 0.4) is 0 Å². The van der Waals surface area contributed by atoms with Gasteiger partial charge in [0.2, 0.25) is 0 Å². The van der Waals surface area contributed by atoms with Crippen LogP contribution >= 0.6 is 0 Å². The Labute approximate surface area is 164 Å². The van der Waals surface area contributed by atoms with Gasteiger partial charge in [-0.3, -0.25) is 0 Å². The summed E-state index contributed by atoms with van der Waals surface area (Å²) in [7, 11) is 0. The zero-order valence-electron chi connectivity index (χ0n) is 15.7. The lowest BCUT2D eigenvalue weighted by Crippen LogP contribution is -2.43. The SMILES string of the molecule is Cc1cn2cc(Nc3ncnc4nc(N5CCNCC5)cc(F)c34)cc(F)c2n1. The van der Waals surface area contributed by atoms with E-state index in [0.717, 1.165) is 26.2 Å². The molecule has 1 aliphatic heterocycles. The monoisotopic (exact) mass is 396 g/mol. The minimum atomic E-state index is -0.485. The molecule has 1 saturated heterocycles. The molecular weight excluding hydrogens is 378 g/mol. The molecular formula is C19H18F2N8. The Morgan fingerprint density at radius 1 is 1.03 bits per heavy atom. The smallest absolute Gasteiger partial charge is 0.173 e. The van der Waals surface area contributed by atoms with Crippen molar-refractivity contribution in [3.05, 3.63) is 48.2 Å². The Morgan fingerprint density at radius 3 is 2.69 bits per heavy atom. The van der Waals surface area contributed by atoms with E-state index in [1.165, 1.54) is 18.5 Å². The fraction of sp³-hybridized carbons (Fsp3) is 0.263. The summed E-state index contributed by atoms with van der Waals surface area (Å²) in [4.78, 5) is 18.9. The number of aromatic nitrogens is 5. The zero-order chi connectivity index (χ0) is 20.0. The molecule has 0 unspecified atom stereocenters. The number of hydrogen-bond donors (Lipinski definition) is 2. The van der Waals surface area contributed by atoms with Crippen LogP contribution in [0.25, 0.3) is 16.7 Å². The summed E-state index contributed by atoms with van der Waals surface area (Å²) in [6.45, 7) is 4.92.